The fraction of sp³-hybridized carbons (Fsp3) is 0.538. The van der Waals surface area contributed by atoms with Crippen molar-refractivity contribution in [1.82, 2.24) is 5.32 Å². The maximum absolute atomic E-state index is 9.87. The summed E-state index contributed by atoms with van der Waals surface area (Å²) in [6.45, 7) is 4.32. The van der Waals surface area contributed by atoms with Gasteiger partial charge in [0.2, 0.25) is 0 Å². The first-order chi connectivity index (χ1) is 8.04. The van der Waals surface area contributed by atoms with E-state index in [2.05, 4.69) is 5.32 Å². The van der Waals surface area contributed by atoms with Crippen LogP contribution in [0.4, 0.5) is 0 Å². The maximum Gasteiger partial charge on any atom is 0.162 e. The van der Waals surface area contributed by atoms with Gasteiger partial charge < -0.3 is 20.3 Å². The second-order valence-electron chi connectivity index (χ2n) is 4.33. The molecule has 0 fully saturated rings. The Labute approximate surface area is 102 Å². The van der Waals surface area contributed by atoms with Gasteiger partial charge in [-0.1, -0.05) is 12.1 Å². The number of aliphatic hydroxyl groups excluding tert-OH is 1. The molecule has 0 saturated heterocycles. The number of phenolic OH excluding ortho intramolecular Hbond substituents is 1. The molecule has 0 aliphatic heterocycles. The van der Waals surface area contributed by atoms with E-state index >= 15 is 0 Å². The number of phenols is 1. The van der Waals surface area contributed by atoms with Gasteiger partial charge in [-0.3, -0.25) is 0 Å². The molecule has 0 saturated carbocycles. The average Bonchev–Trinajstić information content (AvgIpc) is 2.27. The van der Waals surface area contributed by atoms with Crippen LogP contribution in [0.25, 0.3) is 0 Å². The number of para-hydroxylation sites is 1. The monoisotopic (exact) mass is 239 g/mol. The van der Waals surface area contributed by atoms with Crippen LogP contribution in [-0.2, 0) is 6.54 Å². The lowest BCUT2D eigenvalue weighted by Crippen LogP contribution is -2.28. The standard InChI is InChI=1S/C13H21NO3/c1-9(7-10(2)15)14-8-11-5-4-6-12(17-3)13(11)16/h4-6,9-10,14-16H,7-8H2,1-3H3. The molecular formula is C13H21NO3. The van der Waals surface area contributed by atoms with E-state index in [1.807, 2.05) is 19.1 Å². The zero-order valence-corrected chi connectivity index (χ0v) is 10.6. The third kappa shape index (κ3) is 4.24. The smallest absolute Gasteiger partial charge is 0.162 e. The maximum atomic E-state index is 9.87. The number of methoxy groups -OCH3 is 1. The summed E-state index contributed by atoms with van der Waals surface area (Å²) in [5.74, 6) is 0.652. The fourth-order valence-electron chi connectivity index (χ4n) is 1.75. The van der Waals surface area contributed by atoms with Crippen molar-refractivity contribution in [2.45, 2.75) is 39.0 Å². The van der Waals surface area contributed by atoms with Gasteiger partial charge in [0, 0.05) is 18.2 Å². The van der Waals surface area contributed by atoms with Crippen molar-refractivity contribution in [1.29, 1.82) is 0 Å². The highest BCUT2D eigenvalue weighted by Gasteiger charge is 2.09. The second-order valence-corrected chi connectivity index (χ2v) is 4.33. The molecule has 4 nitrogen and oxygen atoms in total. The molecule has 1 aromatic carbocycles. The van der Waals surface area contributed by atoms with Gasteiger partial charge >= 0.3 is 0 Å². The van der Waals surface area contributed by atoms with Crippen LogP contribution >= 0.6 is 0 Å². The van der Waals surface area contributed by atoms with Gasteiger partial charge in [0.25, 0.3) is 0 Å². The van der Waals surface area contributed by atoms with Crippen molar-refractivity contribution in [3.63, 3.8) is 0 Å². The van der Waals surface area contributed by atoms with Crippen LogP contribution in [0.5, 0.6) is 11.5 Å². The van der Waals surface area contributed by atoms with E-state index in [9.17, 15) is 10.2 Å². The van der Waals surface area contributed by atoms with Gasteiger partial charge in [0.05, 0.1) is 13.2 Å². The molecule has 0 aliphatic rings. The Bertz CT molecular complexity index is 353. The Balaban J connectivity index is 2.57. The number of rotatable bonds is 6. The van der Waals surface area contributed by atoms with Crippen LogP contribution in [0.15, 0.2) is 18.2 Å². The molecule has 0 aromatic heterocycles. The van der Waals surface area contributed by atoms with Crippen molar-refractivity contribution in [2.24, 2.45) is 0 Å². The summed E-state index contributed by atoms with van der Waals surface area (Å²) in [5.41, 5.74) is 0.793. The number of ether oxygens (including phenoxy) is 1. The van der Waals surface area contributed by atoms with Crippen LogP contribution in [-0.4, -0.2) is 29.5 Å². The Hall–Kier alpha value is -1.26. The van der Waals surface area contributed by atoms with E-state index in [4.69, 9.17) is 4.74 Å². The Morgan fingerprint density at radius 2 is 2.06 bits per heavy atom. The van der Waals surface area contributed by atoms with Crippen molar-refractivity contribution in [3.8, 4) is 11.5 Å². The van der Waals surface area contributed by atoms with Crippen LogP contribution in [0.3, 0.4) is 0 Å². The van der Waals surface area contributed by atoms with E-state index in [1.54, 1.807) is 13.0 Å². The van der Waals surface area contributed by atoms with Gasteiger partial charge in [-0.25, -0.2) is 0 Å². The molecule has 2 atom stereocenters. The highest BCUT2D eigenvalue weighted by atomic mass is 16.5. The van der Waals surface area contributed by atoms with E-state index in [1.165, 1.54) is 7.11 Å². The van der Waals surface area contributed by atoms with Gasteiger partial charge in [-0.05, 0) is 26.3 Å². The Morgan fingerprint density at radius 3 is 2.65 bits per heavy atom. The van der Waals surface area contributed by atoms with Crippen molar-refractivity contribution >= 4 is 0 Å². The zero-order valence-electron chi connectivity index (χ0n) is 10.6. The predicted molar refractivity (Wildman–Crippen MR) is 67.3 cm³/mol. The summed E-state index contributed by atoms with van der Waals surface area (Å²) >= 11 is 0. The highest BCUT2D eigenvalue weighted by Crippen LogP contribution is 2.29. The quantitative estimate of drug-likeness (QED) is 0.706. The summed E-state index contributed by atoms with van der Waals surface area (Å²) in [4.78, 5) is 0. The topological polar surface area (TPSA) is 61.7 Å². The molecule has 0 amide bonds. The number of hydrogen-bond acceptors (Lipinski definition) is 4. The number of aromatic hydroxyl groups is 1. The molecule has 2 unspecified atom stereocenters. The molecule has 0 heterocycles. The largest absolute Gasteiger partial charge is 0.504 e. The molecule has 3 N–H and O–H groups in total. The molecule has 4 heteroatoms. The molecule has 96 valence electrons. The van der Waals surface area contributed by atoms with E-state index in [0.29, 0.717) is 18.7 Å². The average molecular weight is 239 g/mol. The summed E-state index contributed by atoms with van der Waals surface area (Å²) in [6, 6.07) is 5.60. The minimum Gasteiger partial charge on any atom is -0.504 e. The second kappa shape index (κ2) is 6.47. The summed E-state index contributed by atoms with van der Waals surface area (Å²) in [6.07, 6.45) is 0.362. The zero-order chi connectivity index (χ0) is 12.8. The van der Waals surface area contributed by atoms with Gasteiger partial charge in [-0.2, -0.15) is 0 Å². The van der Waals surface area contributed by atoms with Gasteiger partial charge in [0.15, 0.2) is 11.5 Å². The Kier molecular flexibility index (Phi) is 5.25. The van der Waals surface area contributed by atoms with E-state index in [0.717, 1.165) is 5.56 Å². The fourth-order valence-corrected chi connectivity index (χ4v) is 1.75. The van der Waals surface area contributed by atoms with Crippen LogP contribution in [0.2, 0.25) is 0 Å². The first-order valence-corrected chi connectivity index (χ1v) is 5.81. The minimum atomic E-state index is -0.323. The molecule has 1 rings (SSSR count). The van der Waals surface area contributed by atoms with Gasteiger partial charge in [-0.15, -0.1) is 0 Å². The van der Waals surface area contributed by atoms with Crippen LogP contribution < -0.4 is 10.1 Å². The number of benzene rings is 1. The molecule has 17 heavy (non-hydrogen) atoms. The summed E-state index contributed by atoms with van der Waals surface area (Å²) in [7, 11) is 1.53. The first-order valence-electron chi connectivity index (χ1n) is 5.81. The lowest BCUT2D eigenvalue weighted by atomic mass is 10.1. The highest BCUT2D eigenvalue weighted by molar-refractivity contribution is 5.45. The molecular weight excluding hydrogens is 218 g/mol. The molecule has 0 aliphatic carbocycles. The van der Waals surface area contributed by atoms with E-state index < -0.39 is 0 Å². The number of hydrogen-bond donors (Lipinski definition) is 3. The number of nitrogens with one attached hydrogen (secondary N) is 1. The third-order valence-electron chi connectivity index (χ3n) is 2.64. The van der Waals surface area contributed by atoms with Crippen molar-refractivity contribution in [2.75, 3.05) is 7.11 Å². The number of aliphatic hydroxyl groups is 1. The molecule has 0 spiro atoms. The Morgan fingerprint density at radius 1 is 1.35 bits per heavy atom. The summed E-state index contributed by atoms with van der Waals surface area (Å²) < 4.78 is 5.04. The van der Waals surface area contributed by atoms with E-state index in [-0.39, 0.29) is 17.9 Å². The normalized spacial score (nSPS) is 14.4. The van der Waals surface area contributed by atoms with Crippen LogP contribution in [0, 0.1) is 0 Å². The predicted octanol–water partition coefficient (Wildman–Crippen LogP) is 1.65. The van der Waals surface area contributed by atoms with Crippen molar-refractivity contribution in [3.05, 3.63) is 23.8 Å². The molecule has 0 bridgehead atoms. The molecule has 1 aromatic rings. The third-order valence-corrected chi connectivity index (χ3v) is 2.64. The van der Waals surface area contributed by atoms with Crippen molar-refractivity contribution < 1.29 is 14.9 Å². The molecule has 0 radical (unpaired) electrons. The minimum absolute atomic E-state index is 0.173. The summed E-state index contributed by atoms with van der Waals surface area (Å²) in [5, 5.41) is 22.4. The SMILES string of the molecule is COc1cccc(CNC(C)CC(C)O)c1O. The van der Waals surface area contributed by atoms with Crippen LogP contribution in [0.1, 0.15) is 25.8 Å². The lowest BCUT2D eigenvalue weighted by Gasteiger charge is -2.16. The van der Waals surface area contributed by atoms with Gasteiger partial charge in [0.1, 0.15) is 0 Å². The first kappa shape index (κ1) is 13.8. The lowest BCUT2D eigenvalue weighted by molar-refractivity contribution is 0.170.